The fourth-order valence-corrected chi connectivity index (χ4v) is 3.07. The third-order valence-electron chi connectivity index (χ3n) is 2.81. The first-order chi connectivity index (χ1) is 9.88. The Labute approximate surface area is 132 Å². The fraction of sp³-hybridized carbons (Fsp3) is 0.143. The predicted octanol–water partition coefficient (Wildman–Crippen LogP) is 3.65. The lowest BCUT2D eigenvalue weighted by Gasteiger charge is -2.07. The SMILES string of the molecule is O=S(=O)(NCCc1ccc(Cl)c(Cl)c1)c1ccc(F)cc1. The molecule has 2 aromatic rings. The predicted molar refractivity (Wildman–Crippen MR) is 81.8 cm³/mol. The summed E-state index contributed by atoms with van der Waals surface area (Å²) in [5.74, 6) is -0.482. The van der Waals surface area contributed by atoms with Crippen LogP contribution in [-0.4, -0.2) is 15.0 Å². The Hall–Kier alpha value is -1.14. The van der Waals surface area contributed by atoms with Gasteiger partial charge in [0, 0.05) is 6.54 Å². The van der Waals surface area contributed by atoms with Crippen molar-refractivity contribution < 1.29 is 12.8 Å². The maximum absolute atomic E-state index is 12.8. The van der Waals surface area contributed by atoms with Gasteiger partial charge in [0.15, 0.2) is 0 Å². The lowest BCUT2D eigenvalue weighted by atomic mass is 10.1. The molecule has 1 N–H and O–H groups in total. The standard InChI is InChI=1S/C14H12Cl2FNO2S/c15-13-6-1-10(9-14(13)16)7-8-18-21(19,20)12-4-2-11(17)3-5-12/h1-6,9,18H,7-8H2. The molecular formula is C14H12Cl2FNO2S. The first-order valence-corrected chi connectivity index (χ1v) is 8.31. The zero-order valence-corrected chi connectivity index (χ0v) is 13.1. The molecule has 0 fully saturated rings. The summed E-state index contributed by atoms with van der Waals surface area (Å²) < 4.78 is 39.2. The van der Waals surface area contributed by atoms with Crippen molar-refractivity contribution >= 4 is 33.2 Å². The Kier molecular flexibility index (Phi) is 5.22. The van der Waals surface area contributed by atoms with Crippen molar-refractivity contribution in [3.63, 3.8) is 0 Å². The van der Waals surface area contributed by atoms with Gasteiger partial charge < -0.3 is 0 Å². The molecule has 0 saturated carbocycles. The smallest absolute Gasteiger partial charge is 0.211 e. The molecule has 0 aliphatic carbocycles. The van der Waals surface area contributed by atoms with Crippen LogP contribution in [0.2, 0.25) is 10.0 Å². The van der Waals surface area contributed by atoms with E-state index in [2.05, 4.69) is 4.72 Å². The maximum Gasteiger partial charge on any atom is 0.240 e. The van der Waals surface area contributed by atoms with Crippen LogP contribution in [0.3, 0.4) is 0 Å². The van der Waals surface area contributed by atoms with Gasteiger partial charge in [0.25, 0.3) is 0 Å². The molecule has 7 heteroatoms. The number of rotatable bonds is 5. The average Bonchev–Trinajstić information content (AvgIpc) is 2.43. The van der Waals surface area contributed by atoms with Crippen LogP contribution < -0.4 is 4.72 Å². The Bertz CT molecular complexity index is 733. The summed E-state index contributed by atoms with van der Waals surface area (Å²) in [6, 6.07) is 9.78. The van der Waals surface area contributed by atoms with E-state index >= 15 is 0 Å². The molecule has 0 radical (unpaired) electrons. The molecule has 3 nitrogen and oxygen atoms in total. The van der Waals surface area contributed by atoms with E-state index in [1.54, 1.807) is 18.2 Å². The van der Waals surface area contributed by atoms with Crippen LogP contribution >= 0.6 is 23.2 Å². The van der Waals surface area contributed by atoms with Crippen LogP contribution in [0.4, 0.5) is 4.39 Å². The minimum Gasteiger partial charge on any atom is -0.211 e. The highest BCUT2D eigenvalue weighted by Crippen LogP contribution is 2.22. The number of benzene rings is 2. The molecule has 0 unspecified atom stereocenters. The highest BCUT2D eigenvalue weighted by Gasteiger charge is 2.13. The largest absolute Gasteiger partial charge is 0.240 e. The van der Waals surface area contributed by atoms with Crippen molar-refractivity contribution in [3.05, 3.63) is 63.9 Å². The maximum atomic E-state index is 12.8. The summed E-state index contributed by atoms with van der Waals surface area (Å²) in [6.45, 7) is 0.206. The van der Waals surface area contributed by atoms with Crippen molar-refractivity contribution in [3.8, 4) is 0 Å². The topological polar surface area (TPSA) is 46.2 Å². The Balaban J connectivity index is 1.98. The minimum atomic E-state index is -3.64. The molecule has 0 aromatic heterocycles. The second kappa shape index (κ2) is 6.75. The molecule has 0 atom stereocenters. The lowest BCUT2D eigenvalue weighted by Crippen LogP contribution is -2.26. The van der Waals surface area contributed by atoms with E-state index in [1.807, 2.05) is 0 Å². The average molecular weight is 348 g/mol. The van der Waals surface area contributed by atoms with Gasteiger partial charge in [0.2, 0.25) is 10.0 Å². The second-order valence-corrected chi connectivity index (χ2v) is 6.93. The Morgan fingerprint density at radius 1 is 1.00 bits per heavy atom. The molecule has 2 rings (SSSR count). The zero-order valence-electron chi connectivity index (χ0n) is 10.8. The summed E-state index contributed by atoms with van der Waals surface area (Å²) in [4.78, 5) is 0.0260. The van der Waals surface area contributed by atoms with Gasteiger partial charge in [-0.15, -0.1) is 0 Å². The number of hydrogen-bond acceptors (Lipinski definition) is 2. The first kappa shape index (κ1) is 16.2. The number of halogens is 3. The van der Waals surface area contributed by atoms with Crippen LogP contribution in [0.25, 0.3) is 0 Å². The molecule has 112 valence electrons. The lowest BCUT2D eigenvalue weighted by molar-refractivity contribution is 0.580. The molecular weight excluding hydrogens is 336 g/mol. The van der Waals surface area contributed by atoms with Gasteiger partial charge in [0.1, 0.15) is 5.82 Å². The molecule has 2 aromatic carbocycles. The van der Waals surface area contributed by atoms with Crippen LogP contribution in [0.1, 0.15) is 5.56 Å². The quantitative estimate of drug-likeness (QED) is 0.897. The summed E-state index contributed by atoms with van der Waals surface area (Å²) in [5, 5.41) is 0.878. The van der Waals surface area contributed by atoms with E-state index in [1.165, 1.54) is 12.1 Å². The van der Waals surface area contributed by atoms with E-state index in [4.69, 9.17) is 23.2 Å². The molecule has 0 aliphatic rings. The van der Waals surface area contributed by atoms with Crippen molar-refractivity contribution in [1.82, 2.24) is 4.72 Å². The molecule has 0 saturated heterocycles. The third kappa shape index (κ3) is 4.41. The molecule has 0 amide bonds. The summed E-state index contributed by atoms with van der Waals surface area (Å²) in [6.07, 6.45) is 0.470. The Morgan fingerprint density at radius 2 is 1.67 bits per heavy atom. The summed E-state index contributed by atoms with van der Waals surface area (Å²) in [7, 11) is -3.64. The third-order valence-corrected chi connectivity index (χ3v) is 5.03. The van der Waals surface area contributed by atoms with Crippen LogP contribution in [0, 0.1) is 5.82 Å². The van der Waals surface area contributed by atoms with Crippen molar-refractivity contribution in [1.29, 1.82) is 0 Å². The van der Waals surface area contributed by atoms with Crippen molar-refractivity contribution in [2.24, 2.45) is 0 Å². The molecule has 0 spiro atoms. The molecule has 21 heavy (non-hydrogen) atoms. The fourth-order valence-electron chi connectivity index (χ4n) is 1.72. The van der Waals surface area contributed by atoms with E-state index in [9.17, 15) is 12.8 Å². The van der Waals surface area contributed by atoms with Gasteiger partial charge in [-0.1, -0.05) is 29.3 Å². The van der Waals surface area contributed by atoms with Gasteiger partial charge in [-0.25, -0.2) is 17.5 Å². The van der Waals surface area contributed by atoms with E-state index in [0.717, 1.165) is 17.7 Å². The highest BCUT2D eigenvalue weighted by molar-refractivity contribution is 7.89. The van der Waals surface area contributed by atoms with Gasteiger partial charge in [-0.05, 0) is 48.4 Å². The summed E-state index contributed by atoms with van der Waals surface area (Å²) in [5.41, 5.74) is 0.867. The van der Waals surface area contributed by atoms with Crippen molar-refractivity contribution in [2.75, 3.05) is 6.54 Å². The second-order valence-electron chi connectivity index (χ2n) is 4.35. The molecule has 0 heterocycles. The van der Waals surface area contributed by atoms with E-state index in [0.29, 0.717) is 16.5 Å². The normalized spacial score (nSPS) is 11.6. The first-order valence-electron chi connectivity index (χ1n) is 6.08. The van der Waals surface area contributed by atoms with Gasteiger partial charge in [0.05, 0.1) is 14.9 Å². The number of nitrogens with one attached hydrogen (secondary N) is 1. The van der Waals surface area contributed by atoms with Crippen LogP contribution in [0.15, 0.2) is 47.4 Å². The molecule has 0 bridgehead atoms. The number of hydrogen-bond donors (Lipinski definition) is 1. The summed E-state index contributed by atoms with van der Waals surface area (Å²) >= 11 is 11.7. The number of sulfonamides is 1. The van der Waals surface area contributed by atoms with E-state index < -0.39 is 15.8 Å². The Morgan fingerprint density at radius 3 is 2.29 bits per heavy atom. The van der Waals surface area contributed by atoms with Crippen molar-refractivity contribution in [2.45, 2.75) is 11.3 Å². The van der Waals surface area contributed by atoms with Crippen LogP contribution in [0.5, 0.6) is 0 Å². The highest BCUT2D eigenvalue weighted by atomic mass is 35.5. The zero-order chi connectivity index (χ0) is 15.5. The van der Waals surface area contributed by atoms with E-state index in [-0.39, 0.29) is 11.4 Å². The minimum absolute atomic E-state index is 0.0260. The van der Waals surface area contributed by atoms with Gasteiger partial charge in [-0.3, -0.25) is 0 Å². The molecule has 0 aliphatic heterocycles. The monoisotopic (exact) mass is 347 g/mol. The van der Waals surface area contributed by atoms with Crippen LogP contribution in [-0.2, 0) is 16.4 Å². The van der Waals surface area contributed by atoms with Gasteiger partial charge >= 0.3 is 0 Å². The van der Waals surface area contributed by atoms with Gasteiger partial charge in [-0.2, -0.15) is 0 Å².